The summed E-state index contributed by atoms with van der Waals surface area (Å²) in [5.74, 6) is -0.653. The van der Waals surface area contributed by atoms with E-state index in [1.807, 2.05) is 19.1 Å². The van der Waals surface area contributed by atoms with Crippen LogP contribution < -0.4 is 10.5 Å². The average molecular weight is 304 g/mol. The Hall–Kier alpha value is -2.34. The van der Waals surface area contributed by atoms with E-state index in [0.717, 1.165) is 5.56 Å². The molecule has 0 unspecified atom stereocenters. The van der Waals surface area contributed by atoms with E-state index in [4.69, 9.17) is 5.73 Å². The summed E-state index contributed by atoms with van der Waals surface area (Å²) in [7, 11) is -3.76. The van der Waals surface area contributed by atoms with Crippen molar-refractivity contribution in [2.45, 2.75) is 18.7 Å². The highest BCUT2D eigenvalue weighted by Crippen LogP contribution is 2.19. The number of hydrogen-bond donors (Lipinski definition) is 2. The third kappa shape index (κ3) is 3.41. The first-order valence-corrected chi connectivity index (χ1v) is 7.78. The van der Waals surface area contributed by atoms with Gasteiger partial charge in [-0.15, -0.1) is 0 Å². The zero-order valence-corrected chi connectivity index (χ0v) is 12.6. The number of primary amides is 1. The lowest BCUT2D eigenvalue weighted by Crippen LogP contribution is -2.17. The molecule has 0 bridgehead atoms. The summed E-state index contributed by atoms with van der Waals surface area (Å²) in [6.45, 7) is 3.61. The number of amides is 1. The number of aryl methyl sites for hydroxylation is 2. The Morgan fingerprint density at radius 1 is 1.05 bits per heavy atom. The maximum absolute atomic E-state index is 12.3. The molecule has 0 saturated heterocycles. The van der Waals surface area contributed by atoms with Crippen molar-refractivity contribution in [3.05, 3.63) is 59.2 Å². The first-order valence-electron chi connectivity index (χ1n) is 6.29. The van der Waals surface area contributed by atoms with Crippen LogP contribution in [0.4, 0.5) is 5.69 Å². The maximum Gasteiger partial charge on any atom is 0.261 e. The number of carbonyl (C=O) groups is 1. The van der Waals surface area contributed by atoms with E-state index in [1.54, 1.807) is 25.1 Å². The summed E-state index contributed by atoms with van der Waals surface area (Å²) in [4.78, 5) is 11.3. The molecule has 0 radical (unpaired) electrons. The van der Waals surface area contributed by atoms with Gasteiger partial charge in [0.2, 0.25) is 5.91 Å². The monoisotopic (exact) mass is 304 g/mol. The van der Waals surface area contributed by atoms with Gasteiger partial charge in [-0.25, -0.2) is 8.42 Å². The summed E-state index contributed by atoms with van der Waals surface area (Å²) in [5, 5.41) is 0. The van der Waals surface area contributed by atoms with Gasteiger partial charge in [0, 0.05) is 11.3 Å². The number of rotatable bonds is 4. The number of benzene rings is 2. The molecule has 21 heavy (non-hydrogen) atoms. The zero-order valence-electron chi connectivity index (χ0n) is 11.8. The first kappa shape index (κ1) is 15.1. The van der Waals surface area contributed by atoms with E-state index in [2.05, 4.69) is 4.72 Å². The first-order chi connectivity index (χ1) is 9.79. The van der Waals surface area contributed by atoms with Gasteiger partial charge in [0.1, 0.15) is 0 Å². The lowest BCUT2D eigenvalue weighted by Gasteiger charge is -2.10. The van der Waals surface area contributed by atoms with Crippen molar-refractivity contribution in [2.24, 2.45) is 5.73 Å². The Labute approximate surface area is 123 Å². The highest BCUT2D eigenvalue weighted by Gasteiger charge is 2.17. The van der Waals surface area contributed by atoms with E-state index < -0.39 is 15.9 Å². The molecule has 0 spiro atoms. The molecule has 0 heterocycles. The lowest BCUT2D eigenvalue weighted by molar-refractivity contribution is 0.0999. The summed E-state index contributed by atoms with van der Waals surface area (Å²) < 4.78 is 27.1. The summed E-state index contributed by atoms with van der Waals surface area (Å²) in [5.41, 5.74) is 7.57. The molecule has 2 aromatic carbocycles. The molecule has 2 aromatic rings. The van der Waals surface area contributed by atoms with Crippen LogP contribution in [0.1, 0.15) is 21.5 Å². The van der Waals surface area contributed by atoms with Crippen molar-refractivity contribution < 1.29 is 13.2 Å². The van der Waals surface area contributed by atoms with Crippen molar-refractivity contribution in [1.29, 1.82) is 0 Å². The second-order valence-electron chi connectivity index (χ2n) is 4.81. The van der Waals surface area contributed by atoms with Crippen LogP contribution in [-0.4, -0.2) is 14.3 Å². The number of anilines is 1. The largest absolute Gasteiger partial charge is 0.366 e. The fourth-order valence-corrected chi connectivity index (χ4v) is 2.95. The van der Waals surface area contributed by atoms with Crippen LogP contribution in [0.2, 0.25) is 0 Å². The van der Waals surface area contributed by atoms with Crippen LogP contribution in [0.15, 0.2) is 47.4 Å². The summed E-state index contributed by atoms with van der Waals surface area (Å²) in [6, 6.07) is 11.3. The van der Waals surface area contributed by atoms with Crippen molar-refractivity contribution in [3.8, 4) is 0 Å². The molecule has 0 aliphatic rings. The van der Waals surface area contributed by atoms with Gasteiger partial charge in [-0.05, 0) is 43.7 Å². The molecule has 0 aliphatic heterocycles. The van der Waals surface area contributed by atoms with E-state index in [1.165, 1.54) is 12.1 Å². The Morgan fingerprint density at radius 3 is 2.24 bits per heavy atom. The molecule has 0 fully saturated rings. The Morgan fingerprint density at radius 2 is 1.67 bits per heavy atom. The predicted octanol–water partition coefficient (Wildman–Crippen LogP) is 2.20. The fraction of sp³-hybridized carbons (Fsp3) is 0.133. The fourth-order valence-electron chi connectivity index (χ4n) is 1.87. The molecule has 6 heteroatoms. The van der Waals surface area contributed by atoms with Gasteiger partial charge < -0.3 is 5.73 Å². The number of sulfonamides is 1. The maximum atomic E-state index is 12.3. The molecular formula is C15H16N2O3S. The SMILES string of the molecule is Cc1ccc(NS(=O)(=O)c2ccc(C)c(C(N)=O)c2)cc1. The average Bonchev–Trinajstić information content (AvgIpc) is 2.41. The van der Waals surface area contributed by atoms with Crippen LogP contribution in [0.5, 0.6) is 0 Å². The van der Waals surface area contributed by atoms with Crippen molar-refractivity contribution >= 4 is 21.6 Å². The molecule has 5 nitrogen and oxygen atoms in total. The third-order valence-corrected chi connectivity index (χ3v) is 4.47. The van der Waals surface area contributed by atoms with E-state index in [0.29, 0.717) is 11.3 Å². The van der Waals surface area contributed by atoms with Gasteiger partial charge in [0.25, 0.3) is 10.0 Å². The quantitative estimate of drug-likeness (QED) is 0.907. The Kier molecular flexibility index (Phi) is 3.99. The summed E-state index contributed by atoms with van der Waals surface area (Å²) >= 11 is 0. The standard InChI is InChI=1S/C15H16N2O3S/c1-10-3-6-12(7-4-10)17-21(19,20)13-8-5-11(2)14(9-13)15(16)18/h3-9,17H,1-2H3,(H2,16,18). The molecule has 110 valence electrons. The number of nitrogens with one attached hydrogen (secondary N) is 1. The van der Waals surface area contributed by atoms with E-state index in [9.17, 15) is 13.2 Å². The molecule has 0 saturated carbocycles. The normalized spacial score (nSPS) is 11.1. The van der Waals surface area contributed by atoms with Crippen LogP contribution in [-0.2, 0) is 10.0 Å². The van der Waals surface area contributed by atoms with Gasteiger partial charge >= 0.3 is 0 Å². The number of nitrogens with two attached hydrogens (primary N) is 1. The highest BCUT2D eigenvalue weighted by atomic mass is 32.2. The number of carbonyl (C=O) groups excluding carboxylic acids is 1. The van der Waals surface area contributed by atoms with Crippen molar-refractivity contribution in [2.75, 3.05) is 4.72 Å². The van der Waals surface area contributed by atoms with Gasteiger partial charge in [-0.2, -0.15) is 0 Å². The molecule has 0 atom stereocenters. The molecule has 3 N–H and O–H groups in total. The van der Waals surface area contributed by atoms with E-state index in [-0.39, 0.29) is 10.5 Å². The molecule has 0 aromatic heterocycles. The summed E-state index contributed by atoms with van der Waals surface area (Å²) in [6.07, 6.45) is 0. The van der Waals surface area contributed by atoms with Gasteiger partial charge in [0.05, 0.1) is 4.90 Å². The minimum absolute atomic E-state index is 0.00229. The van der Waals surface area contributed by atoms with Gasteiger partial charge in [-0.1, -0.05) is 23.8 Å². The van der Waals surface area contributed by atoms with Crippen molar-refractivity contribution in [1.82, 2.24) is 0 Å². The topological polar surface area (TPSA) is 89.3 Å². The van der Waals surface area contributed by atoms with E-state index >= 15 is 0 Å². The minimum atomic E-state index is -3.76. The molecule has 0 aliphatic carbocycles. The van der Waals surface area contributed by atoms with Crippen LogP contribution in [0.25, 0.3) is 0 Å². The highest BCUT2D eigenvalue weighted by molar-refractivity contribution is 7.92. The number of hydrogen-bond acceptors (Lipinski definition) is 3. The Balaban J connectivity index is 2.38. The second-order valence-corrected chi connectivity index (χ2v) is 6.49. The van der Waals surface area contributed by atoms with Crippen LogP contribution in [0, 0.1) is 13.8 Å². The minimum Gasteiger partial charge on any atom is -0.366 e. The smallest absolute Gasteiger partial charge is 0.261 e. The van der Waals surface area contributed by atoms with Crippen LogP contribution >= 0.6 is 0 Å². The Bertz CT molecular complexity index is 781. The van der Waals surface area contributed by atoms with Gasteiger partial charge in [0.15, 0.2) is 0 Å². The lowest BCUT2D eigenvalue weighted by atomic mass is 10.1. The second kappa shape index (κ2) is 5.57. The van der Waals surface area contributed by atoms with Crippen molar-refractivity contribution in [3.63, 3.8) is 0 Å². The van der Waals surface area contributed by atoms with Gasteiger partial charge in [-0.3, -0.25) is 9.52 Å². The third-order valence-electron chi connectivity index (χ3n) is 3.09. The zero-order chi connectivity index (χ0) is 15.6. The molecular weight excluding hydrogens is 288 g/mol. The van der Waals surface area contributed by atoms with Crippen LogP contribution in [0.3, 0.4) is 0 Å². The predicted molar refractivity (Wildman–Crippen MR) is 81.7 cm³/mol. The molecule has 1 amide bonds. The molecule has 2 rings (SSSR count).